The lowest BCUT2D eigenvalue weighted by molar-refractivity contribution is -0.133. The molecule has 0 aromatic heterocycles. The molecule has 0 radical (unpaired) electrons. The number of rotatable bonds is 7. The van der Waals surface area contributed by atoms with Crippen molar-refractivity contribution < 1.29 is 20.1 Å². The molecule has 0 fully saturated rings. The second-order valence-electron chi connectivity index (χ2n) is 7.62. The predicted octanol–water partition coefficient (Wildman–Crippen LogP) is 3.25. The normalized spacial score (nSPS) is 15.5. The first-order valence-electron chi connectivity index (χ1n) is 10.4. The number of anilines is 2. The molecule has 0 spiro atoms. The molecule has 6 nitrogen and oxygen atoms in total. The lowest BCUT2D eigenvalue weighted by Gasteiger charge is -2.28. The van der Waals surface area contributed by atoms with Crippen molar-refractivity contribution in [3.8, 4) is 0 Å². The highest BCUT2D eigenvalue weighted by Crippen LogP contribution is 2.35. The van der Waals surface area contributed by atoms with E-state index < -0.39 is 5.97 Å². The minimum atomic E-state index is -0.811. The summed E-state index contributed by atoms with van der Waals surface area (Å²) in [6.07, 6.45) is 4.73. The fraction of sp³-hybridized carbons (Fsp3) is 0.375. The Hall–Kier alpha value is -2.38. The van der Waals surface area contributed by atoms with Crippen LogP contribution < -0.4 is 4.90 Å². The number of para-hydroxylation sites is 2. The molecule has 0 saturated heterocycles. The van der Waals surface area contributed by atoms with Gasteiger partial charge in [0.25, 0.3) is 0 Å². The van der Waals surface area contributed by atoms with Gasteiger partial charge in [-0.15, -0.1) is 12.4 Å². The van der Waals surface area contributed by atoms with Crippen molar-refractivity contribution in [2.24, 2.45) is 0 Å². The van der Waals surface area contributed by atoms with Crippen LogP contribution in [-0.4, -0.2) is 60.8 Å². The first-order chi connectivity index (χ1) is 14.2. The van der Waals surface area contributed by atoms with Crippen LogP contribution in [0.15, 0.2) is 60.2 Å². The van der Waals surface area contributed by atoms with Gasteiger partial charge in [0, 0.05) is 43.1 Å². The maximum Gasteiger partial charge on any atom is 0.332 e. The van der Waals surface area contributed by atoms with Crippen LogP contribution in [0.1, 0.15) is 17.5 Å². The Balaban J connectivity index is 0.00000171. The number of aliphatic carboxylic acids is 1. The van der Waals surface area contributed by atoms with E-state index in [0.717, 1.165) is 38.9 Å². The van der Waals surface area contributed by atoms with Gasteiger partial charge in [0.1, 0.15) is 0 Å². The quantitative estimate of drug-likeness (QED) is 0.660. The average molecular weight is 447 g/mol. The predicted molar refractivity (Wildman–Crippen MR) is 126 cm³/mol. The lowest BCUT2D eigenvalue weighted by Crippen LogP contribution is -2.35. The number of hydrogen-bond donors (Lipinski definition) is 1. The number of carbonyl (C=O) groups is 1. The van der Waals surface area contributed by atoms with Crippen molar-refractivity contribution >= 4 is 29.8 Å². The Morgan fingerprint density at radius 3 is 2.13 bits per heavy atom. The van der Waals surface area contributed by atoms with Gasteiger partial charge in [-0.25, -0.2) is 4.79 Å². The molecule has 3 N–H and O–H groups in total. The van der Waals surface area contributed by atoms with E-state index in [2.05, 4.69) is 58.3 Å². The smallest absolute Gasteiger partial charge is 0.332 e. The second kappa shape index (κ2) is 11.9. The van der Waals surface area contributed by atoms with E-state index in [1.807, 2.05) is 6.08 Å². The summed E-state index contributed by atoms with van der Waals surface area (Å²) in [5.74, 6) is -0.811. The molecule has 2 aliphatic rings. The molecular formula is C24H31ClN2O4. The molecule has 0 atom stereocenters. The van der Waals surface area contributed by atoms with Crippen molar-refractivity contribution in [2.45, 2.75) is 19.3 Å². The first kappa shape index (κ1) is 24.9. The number of ether oxygens (including phenoxy) is 1. The molecule has 7 heteroatoms. The summed E-state index contributed by atoms with van der Waals surface area (Å²) in [5.41, 5.74) is 5.80. The van der Waals surface area contributed by atoms with Crippen LogP contribution in [-0.2, 0) is 22.4 Å². The van der Waals surface area contributed by atoms with Gasteiger partial charge in [0.2, 0.25) is 0 Å². The first-order valence-corrected chi connectivity index (χ1v) is 10.4. The van der Waals surface area contributed by atoms with Gasteiger partial charge in [0.15, 0.2) is 0 Å². The van der Waals surface area contributed by atoms with Crippen molar-refractivity contribution in [1.82, 2.24) is 4.90 Å². The molecule has 0 bridgehead atoms. The maximum atomic E-state index is 11.1. The number of carboxylic acids is 1. The Morgan fingerprint density at radius 2 is 1.52 bits per heavy atom. The zero-order valence-corrected chi connectivity index (χ0v) is 18.4. The van der Waals surface area contributed by atoms with E-state index in [1.54, 1.807) is 0 Å². The van der Waals surface area contributed by atoms with Crippen LogP contribution in [0.3, 0.4) is 0 Å². The zero-order chi connectivity index (χ0) is 20.1. The largest absolute Gasteiger partial charge is 0.478 e. The topological polar surface area (TPSA) is 84.5 Å². The number of nitrogens with zero attached hydrogens (tertiary/aromatic N) is 2. The number of carboxylic acid groups (broad SMARTS) is 1. The number of halogens is 1. The monoisotopic (exact) mass is 446 g/mol. The fourth-order valence-corrected chi connectivity index (χ4v) is 4.21. The summed E-state index contributed by atoms with van der Waals surface area (Å²) in [5, 5.41) is 9.16. The molecule has 0 aliphatic carbocycles. The fourth-order valence-electron chi connectivity index (χ4n) is 4.21. The number of fused-ring (bicyclic) bond motifs is 2. The van der Waals surface area contributed by atoms with Gasteiger partial charge in [0.05, 0.1) is 13.2 Å². The molecule has 168 valence electrons. The van der Waals surface area contributed by atoms with Crippen LogP contribution in [0.4, 0.5) is 11.4 Å². The third-order valence-electron chi connectivity index (χ3n) is 5.74. The van der Waals surface area contributed by atoms with Crippen LogP contribution in [0.2, 0.25) is 0 Å². The van der Waals surface area contributed by atoms with Gasteiger partial charge in [-0.1, -0.05) is 42.5 Å². The molecular weight excluding hydrogens is 416 g/mol. The van der Waals surface area contributed by atoms with Gasteiger partial charge in [-0.05, 0) is 42.5 Å². The molecule has 2 aromatic rings. The highest BCUT2D eigenvalue weighted by atomic mass is 35.5. The highest BCUT2D eigenvalue weighted by molar-refractivity contribution is 5.87. The highest BCUT2D eigenvalue weighted by Gasteiger charge is 2.20. The zero-order valence-electron chi connectivity index (χ0n) is 17.6. The minimum Gasteiger partial charge on any atom is -0.478 e. The molecule has 2 aliphatic heterocycles. The van der Waals surface area contributed by atoms with Gasteiger partial charge in [-0.3, -0.25) is 4.90 Å². The summed E-state index contributed by atoms with van der Waals surface area (Å²) in [6, 6.07) is 17.3. The van der Waals surface area contributed by atoms with E-state index in [0.29, 0.717) is 25.3 Å². The van der Waals surface area contributed by atoms with E-state index in [9.17, 15) is 4.79 Å². The Labute approximate surface area is 189 Å². The van der Waals surface area contributed by atoms with Crippen molar-refractivity contribution in [3.05, 3.63) is 71.3 Å². The van der Waals surface area contributed by atoms with Crippen LogP contribution in [0, 0.1) is 0 Å². The van der Waals surface area contributed by atoms with E-state index >= 15 is 0 Å². The van der Waals surface area contributed by atoms with E-state index in [1.165, 1.54) is 22.5 Å². The van der Waals surface area contributed by atoms with Crippen molar-refractivity contribution in [3.63, 3.8) is 0 Å². The molecule has 0 saturated carbocycles. The van der Waals surface area contributed by atoms with Crippen molar-refractivity contribution in [2.75, 3.05) is 44.3 Å². The minimum absolute atomic E-state index is 0. The summed E-state index contributed by atoms with van der Waals surface area (Å²) in [4.78, 5) is 15.7. The van der Waals surface area contributed by atoms with Crippen LogP contribution in [0.25, 0.3) is 0 Å². The third kappa shape index (κ3) is 6.08. The standard InChI is InChI=1S/C24H28N2O3.ClH.H2O/c27-24(28)21-8-5-13-25(18-21)14-16-29-17-15-26-22-9-3-1-6-19(22)11-12-20-7-2-4-10-23(20)26;;/h1-4,6-10H,5,11-18H2,(H,27,28);1H;1H2. The van der Waals surface area contributed by atoms with E-state index in [4.69, 9.17) is 9.84 Å². The molecule has 2 aromatic carbocycles. The maximum absolute atomic E-state index is 11.1. The number of aryl methyl sites for hydroxylation is 2. The Bertz CT molecular complexity index is 855. The number of hydrogen-bond acceptors (Lipinski definition) is 4. The van der Waals surface area contributed by atoms with Gasteiger partial charge < -0.3 is 20.2 Å². The van der Waals surface area contributed by atoms with Crippen LogP contribution in [0.5, 0.6) is 0 Å². The average Bonchev–Trinajstić information content (AvgIpc) is 2.91. The molecule has 0 amide bonds. The van der Waals surface area contributed by atoms with Gasteiger partial charge in [-0.2, -0.15) is 0 Å². The van der Waals surface area contributed by atoms with E-state index in [-0.39, 0.29) is 17.9 Å². The molecule has 2 heterocycles. The van der Waals surface area contributed by atoms with Gasteiger partial charge >= 0.3 is 5.97 Å². The SMILES string of the molecule is Cl.O.O=C(O)C1=CCCN(CCOCCN2c3ccccc3CCc3ccccc32)C1. The molecule has 31 heavy (non-hydrogen) atoms. The lowest BCUT2D eigenvalue weighted by atomic mass is 10.0. The third-order valence-corrected chi connectivity index (χ3v) is 5.74. The Kier molecular flexibility index (Phi) is 9.52. The summed E-state index contributed by atoms with van der Waals surface area (Å²) < 4.78 is 5.96. The summed E-state index contributed by atoms with van der Waals surface area (Å²) in [6.45, 7) is 4.22. The molecule has 0 unspecified atom stereocenters. The Morgan fingerprint density at radius 1 is 0.935 bits per heavy atom. The van der Waals surface area contributed by atoms with Crippen LogP contribution >= 0.6 is 12.4 Å². The summed E-state index contributed by atoms with van der Waals surface area (Å²) >= 11 is 0. The molecule has 4 rings (SSSR count). The van der Waals surface area contributed by atoms with Crippen molar-refractivity contribution in [1.29, 1.82) is 0 Å². The summed E-state index contributed by atoms with van der Waals surface area (Å²) in [7, 11) is 0. The number of benzene rings is 2. The second-order valence-corrected chi connectivity index (χ2v) is 7.62.